The minimum Gasteiger partial charge on any atom is -0.365 e. The Labute approximate surface area is 107 Å². The first-order valence-electron chi connectivity index (χ1n) is 4.94. The maximum Gasteiger partial charge on any atom is 0.252 e. The van der Waals surface area contributed by atoms with E-state index in [0.717, 1.165) is 10.2 Å². The molecule has 0 spiro atoms. The van der Waals surface area contributed by atoms with E-state index in [2.05, 4.69) is 26.2 Å². The maximum atomic E-state index is 11.2. The molecule has 0 aliphatic heterocycles. The minimum absolute atomic E-state index is 0.368. The summed E-state index contributed by atoms with van der Waals surface area (Å²) in [5, 5.41) is 3.05. The van der Waals surface area contributed by atoms with Gasteiger partial charge in [0.15, 0.2) is 0 Å². The highest BCUT2D eigenvalue weighted by Gasteiger charge is 2.08. The van der Waals surface area contributed by atoms with Crippen LogP contribution < -0.4 is 11.1 Å². The van der Waals surface area contributed by atoms with Crippen molar-refractivity contribution < 1.29 is 4.79 Å². The number of pyridine rings is 1. The molecule has 0 saturated heterocycles. The van der Waals surface area contributed by atoms with Gasteiger partial charge in [-0.2, -0.15) is 0 Å². The molecule has 1 heterocycles. The normalized spacial score (nSPS) is 9.94. The van der Waals surface area contributed by atoms with Gasteiger partial charge in [-0.05, 0) is 30.3 Å². The number of nitrogens with zero attached hydrogens (tertiary/aromatic N) is 1. The van der Waals surface area contributed by atoms with Crippen molar-refractivity contribution in [2.24, 2.45) is 5.73 Å². The Balaban J connectivity index is 2.33. The summed E-state index contributed by atoms with van der Waals surface area (Å²) in [4.78, 5) is 15.3. The number of rotatable bonds is 3. The summed E-state index contributed by atoms with van der Waals surface area (Å²) in [6.07, 6.45) is 1.60. The van der Waals surface area contributed by atoms with Crippen molar-refractivity contribution >= 4 is 33.3 Å². The van der Waals surface area contributed by atoms with Crippen molar-refractivity contribution in [1.82, 2.24) is 4.98 Å². The molecule has 1 aromatic carbocycles. The van der Waals surface area contributed by atoms with Crippen molar-refractivity contribution in [1.29, 1.82) is 0 Å². The zero-order valence-electron chi connectivity index (χ0n) is 8.85. The fourth-order valence-electron chi connectivity index (χ4n) is 1.41. The molecule has 1 amide bonds. The summed E-state index contributed by atoms with van der Waals surface area (Å²) in [6.45, 7) is 0. The van der Waals surface area contributed by atoms with E-state index in [4.69, 9.17) is 5.73 Å². The van der Waals surface area contributed by atoms with Crippen LogP contribution in [0.2, 0.25) is 0 Å². The topological polar surface area (TPSA) is 68.0 Å². The van der Waals surface area contributed by atoms with Crippen LogP contribution in [0.5, 0.6) is 0 Å². The molecule has 0 radical (unpaired) electrons. The number of anilines is 2. The molecule has 2 aromatic rings. The Hall–Kier alpha value is -1.88. The number of carbonyl (C=O) groups is 1. The monoisotopic (exact) mass is 291 g/mol. The van der Waals surface area contributed by atoms with E-state index >= 15 is 0 Å². The number of nitrogens with one attached hydrogen (secondary N) is 1. The first-order valence-corrected chi connectivity index (χ1v) is 5.73. The van der Waals surface area contributed by atoms with Gasteiger partial charge in [0.2, 0.25) is 0 Å². The fraction of sp³-hybridized carbons (Fsp3) is 0. The zero-order chi connectivity index (χ0) is 12.3. The van der Waals surface area contributed by atoms with Crippen molar-refractivity contribution in [3.8, 4) is 0 Å². The van der Waals surface area contributed by atoms with Crippen LogP contribution in [0.1, 0.15) is 10.4 Å². The lowest BCUT2D eigenvalue weighted by atomic mass is 10.2. The predicted molar refractivity (Wildman–Crippen MR) is 70.2 cm³/mol. The molecule has 0 fully saturated rings. The van der Waals surface area contributed by atoms with Crippen molar-refractivity contribution in [3.05, 3.63) is 52.6 Å². The molecular formula is C12H10BrN3O. The Morgan fingerprint density at radius 1 is 1.29 bits per heavy atom. The van der Waals surface area contributed by atoms with E-state index in [0.29, 0.717) is 11.4 Å². The second-order valence-corrected chi connectivity index (χ2v) is 4.31. The van der Waals surface area contributed by atoms with Gasteiger partial charge in [0.25, 0.3) is 5.91 Å². The van der Waals surface area contributed by atoms with E-state index in [-0.39, 0.29) is 0 Å². The summed E-state index contributed by atoms with van der Waals surface area (Å²) in [5.74, 6) is -0.0475. The fourth-order valence-corrected chi connectivity index (χ4v) is 1.81. The SMILES string of the molecule is NC(=O)c1cccnc1Nc1cccc(Br)c1. The van der Waals surface area contributed by atoms with E-state index in [1.165, 1.54) is 0 Å². The Morgan fingerprint density at radius 2 is 2.12 bits per heavy atom. The molecule has 0 unspecified atom stereocenters. The van der Waals surface area contributed by atoms with Crippen LogP contribution in [0.25, 0.3) is 0 Å². The number of carbonyl (C=O) groups excluding carboxylic acids is 1. The Kier molecular flexibility index (Phi) is 3.39. The molecular weight excluding hydrogens is 282 g/mol. The number of primary amides is 1. The molecule has 4 nitrogen and oxygen atoms in total. The second kappa shape index (κ2) is 4.97. The van der Waals surface area contributed by atoms with Gasteiger partial charge >= 0.3 is 0 Å². The lowest BCUT2D eigenvalue weighted by Crippen LogP contribution is -2.14. The average molecular weight is 292 g/mol. The van der Waals surface area contributed by atoms with Crippen LogP contribution >= 0.6 is 15.9 Å². The number of benzene rings is 1. The molecule has 17 heavy (non-hydrogen) atoms. The summed E-state index contributed by atoms with van der Waals surface area (Å²) in [5.41, 5.74) is 6.47. The summed E-state index contributed by atoms with van der Waals surface area (Å²) in [6, 6.07) is 10.9. The summed E-state index contributed by atoms with van der Waals surface area (Å²) < 4.78 is 0.944. The molecule has 5 heteroatoms. The Bertz CT molecular complexity index is 557. The van der Waals surface area contributed by atoms with Crippen LogP contribution in [0.15, 0.2) is 47.1 Å². The number of hydrogen-bond acceptors (Lipinski definition) is 3. The highest BCUT2D eigenvalue weighted by molar-refractivity contribution is 9.10. The smallest absolute Gasteiger partial charge is 0.252 e. The second-order valence-electron chi connectivity index (χ2n) is 3.40. The molecule has 3 N–H and O–H groups in total. The van der Waals surface area contributed by atoms with Crippen LogP contribution in [0.3, 0.4) is 0 Å². The van der Waals surface area contributed by atoms with E-state index in [9.17, 15) is 4.79 Å². The van der Waals surface area contributed by atoms with Gasteiger partial charge < -0.3 is 11.1 Å². The molecule has 0 aliphatic rings. The average Bonchev–Trinajstić information content (AvgIpc) is 2.29. The van der Waals surface area contributed by atoms with Crippen LogP contribution in [-0.2, 0) is 0 Å². The van der Waals surface area contributed by atoms with Gasteiger partial charge in [0.1, 0.15) is 5.82 Å². The van der Waals surface area contributed by atoms with Crippen molar-refractivity contribution in [3.63, 3.8) is 0 Å². The van der Waals surface area contributed by atoms with E-state index in [1.54, 1.807) is 18.3 Å². The van der Waals surface area contributed by atoms with Crippen LogP contribution in [0.4, 0.5) is 11.5 Å². The van der Waals surface area contributed by atoms with Crippen LogP contribution in [0, 0.1) is 0 Å². The van der Waals surface area contributed by atoms with Gasteiger partial charge in [-0.25, -0.2) is 4.98 Å². The Morgan fingerprint density at radius 3 is 2.82 bits per heavy atom. The maximum absolute atomic E-state index is 11.2. The number of hydrogen-bond donors (Lipinski definition) is 2. The van der Waals surface area contributed by atoms with Gasteiger partial charge in [0, 0.05) is 16.4 Å². The highest BCUT2D eigenvalue weighted by Crippen LogP contribution is 2.21. The van der Waals surface area contributed by atoms with Gasteiger partial charge in [-0.15, -0.1) is 0 Å². The largest absolute Gasteiger partial charge is 0.365 e. The van der Waals surface area contributed by atoms with Crippen molar-refractivity contribution in [2.45, 2.75) is 0 Å². The van der Waals surface area contributed by atoms with Gasteiger partial charge in [-0.1, -0.05) is 22.0 Å². The van der Waals surface area contributed by atoms with E-state index < -0.39 is 5.91 Å². The summed E-state index contributed by atoms with van der Waals surface area (Å²) >= 11 is 3.37. The summed E-state index contributed by atoms with van der Waals surface area (Å²) in [7, 11) is 0. The number of halogens is 1. The molecule has 0 atom stereocenters. The van der Waals surface area contributed by atoms with Crippen LogP contribution in [-0.4, -0.2) is 10.9 Å². The highest BCUT2D eigenvalue weighted by atomic mass is 79.9. The van der Waals surface area contributed by atoms with Crippen molar-refractivity contribution in [2.75, 3.05) is 5.32 Å². The third-order valence-electron chi connectivity index (χ3n) is 2.16. The third kappa shape index (κ3) is 2.82. The molecule has 2 rings (SSSR count). The number of aromatic nitrogens is 1. The quantitative estimate of drug-likeness (QED) is 0.914. The standard InChI is InChI=1S/C12H10BrN3O/c13-8-3-1-4-9(7-8)16-12-10(11(14)17)5-2-6-15-12/h1-7H,(H2,14,17)(H,15,16). The molecule has 0 bridgehead atoms. The third-order valence-corrected chi connectivity index (χ3v) is 2.65. The number of nitrogens with two attached hydrogens (primary N) is 1. The first-order chi connectivity index (χ1) is 8.16. The number of amides is 1. The van der Waals surface area contributed by atoms with Gasteiger partial charge in [0.05, 0.1) is 5.56 Å². The minimum atomic E-state index is -0.504. The molecule has 0 saturated carbocycles. The lowest BCUT2D eigenvalue weighted by molar-refractivity contribution is 0.100. The van der Waals surface area contributed by atoms with E-state index in [1.807, 2.05) is 24.3 Å². The molecule has 1 aromatic heterocycles. The van der Waals surface area contributed by atoms with Gasteiger partial charge in [-0.3, -0.25) is 4.79 Å². The zero-order valence-corrected chi connectivity index (χ0v) is 10.4. The molecule has 0 aliphatic carbocycles. The molecule has 86 valence electrons. The first kappa shape index (κ1) is 11.6. The predicted octanol–water partition coefficient (Wildman–Crippen LogP) is 2.69. The lowest BCUT2D eigenvalue weighted by Gasteiger charge is -2.08.